The van der Waals surface area contributed by atoms with Crippen LogP contribution in [0, 0.1) is 0 Å². The molecule has 2 heterocycles. The summed E-state index contributed by atoms with van der Waals surface area (Å²) in [5.74, 6) is -0.197. The average molecular weight is 244 g/mol. The highest BCUT2D eigenvalue weighted by Crippen LogP contribution is 2.17. The summed E-state index contributed by atoms with van der Waals surface area (Å²) < 4.78 is 29.9. The minimum Gasteiger partial charge on any atom is -0.438 e. The van der Waals surface area contributed by atoms with Gasteiger partial charge >= 0.3 is 0 Å². The standard InChI is InChI=1S/C9H12N2O4S/c1-10-16(13,14)8-4-3-7(15-8)9(12)11-5-2-6-11/h3-4,10H,2,5-6H2,1H3. The first-order valence-corrected chi connectivity index (χ1v) is 6.35. The van der Waals surface area contributed by atoms with Crippen molar-refractivity contribution in [1.82, 2.24) is 9.62 Å². The van der Waals surface area contributed by atoms with Gasteiger partial charge in [0.05, 0.1) is 0 Å². The van der Waals surface area contributed by atoms with Gasteiger partial charge in [0.25, 0.3) is 15.9 Å². The average Bonchev–Trinajstić information content (AvgIpc) is 2.64. The molecule has 6 nitrogen and oxygen atoms in total. The second-order valence-electron chi connectivity index (χ2n) is 3.47. The summed E-state index contributed by atoms with van der Waals surface area (Å²) in [7, 11) is -2.33. The Morgan fingerprint density at radius 3 is 2.62 bits per heavy atom. The van der Waals surface area contributed by atoms with Crippen LogP contribution in [0.1, 0.15) is 17.0 Å². The summed E-state index contributed by atoms with van der Waals surface area (Å²) in [5.41, 5.74) is 0. The van der Waals surface area contributed by atoms with Gasteiger partial charge in [-0.15, -0.1) is 0 Å². The number of hydrogen-bond acceptors (Lipinski definition) is 4. The molecule has 0 radical (unpaired) electrons. The maximum Gasteiger partial charge on any atom is 0.289 e. The molecule has 0 unspecified atom stereocenters. The van der Waals surface area contributed by atoms with E-state index in [-0.39, 0.29) is 16.8 Å². The Kier molecular flexibility index (Phi) is 2.73. The minimum absolute atomic E-state index is 0.0634. The minimum atomic E-state index is -3.61. The lowest BCUT2D eigenvalue weighted by Crippen LogP contribution is -2.41. The zero-order valence-electron chi connectivity index (χ0n) is 8.76. The number of nitrogens with zero attached hydrogens (tertiary/aromatic N) is 1. The smallest absolute Gasteiger partial charge is 0.289 e. The van der Waals surface area contributed by atoms with E-state index in [4.69, 9.17) is 4.42 Å². The number of rotatable bonds is 3. The molecule has 1 amide bonds. The summed E-state index contributed by atoms with van der Waals surface area (Å²) in [6.07, 6.45) is 0.980. The maximum atomic E-state index is 11.7. The Hall–Kier alpha value is -1.34. The normalized spacial score (nSPS) is 15.9. The number of carbonyl (C=O) groups excluding carboxylic acids is 1. The molecule has 1 saturated heterocycles. The van der Waals surface area contributed by atoms with Crippen molar-refractivity contribution in [2.45, 2.75) is 11.5 Å². The highest BCUT2D eigenvalue weighted by atomic mass is 32.2. The van der Waals surface area contributed by atoms with Crippen molar-refractivity contribution in [1.29, 1.82) is 0 Å². The topological polar surface area (TPSA) is 79.6 Å². The quantitative estimate of drug-likeness (QED) is 0.813. The van der Waals surface area contributed by atoms with Crippen LogP contribution in [0.25, 0.3) is 0 Å². The largest absolute Gasteiger partial charge is 0.438 e. The Morgan fingerprint density at radius 1 is 1.44 bits per heavy atom. The van der Waals surface area contributed by atoms with E-state index in [2.05, 4.69) is 4.72 Å². The SMILES string of the molecule is CNS(=O)(=O)c1ccc(C(=O)N2CCC2)o1. The number of nitrogens with one attached hydrogen (secondary N) is 1. The van der Waals surface area contributed by atoms with Gasteiger partial charge in [0.2, 0.25) is 5.09 Å². The summed E-state index contributed by atoms with van der Waals surface area (Å²) in [4.78, 5) is 13.3. The van der Waals surface area contributed by atoms with Crippen LogP contribution in [0.4, 0.5) is 0 Å². The van der Waals surface area contributed by atoms with Crippen LogP contribution in [0.5, 0.6) is 0 Å². The predicted octanol–water partition coefficient (Wildman–Crippen LogP) is 0.0336. The van der Waals surface area contributed by atoms with E-state index in [1.165, 1.54) is 19.2 Å². The molecule has 1 aromatic rings. The van der Waals surface area contributed by atoms with Crippen LogP contribution < -0.4 is 4.72 Å². The number of amides is 1. The molecule has 2 rings (SSSR count). The molecule has 1 aliphatic heterocycles. The van der Waals surface area contributed by atoms with Crippen molar-refractivity contribution in [3.05, 3.63) is 17.9 Å². The molecule has 0 saturated carbocycles. The lowest BCUT2D eigenvalue weighted by Gasteiger charge is -2.29. The van der Waals surface area contributed by atoms with Gasteiger partial charge in [0.15, 0.2) is 5.76 Å². The first-order chi connectivity index (χ1) is 7.54. The number of hydrogen-bond donors (Lipinski definition) is 1. The third-order valence-corrected chi connectivity index (χ3v) is 3.76. The van der Waals surface area contributed by atoms with Crippen molar-refractivity contribution >= 4 is 15.9 Å². The number of furan rings is 1. The molecule has 7 heteroatoms. The predicted molar refractivity (Wildman–Crippen MR) is 55.5 cm³/mol. The third-order valence-electron chi connectivity index (χ3n) is 2.47. The van der Waals surface area contributed by atoms with Gasteiger partial charge in [-0.2, -0.15) is 0 Å². The molecule has 0 spiro atoms. The Labute approximate surface area is 93.3 Å². The zero-order chi connectivity index (χ0) is 11.8. The molecule has 1 aliphatic rings. The summed E-state index contributed by atoms with van der Waals surface area (Å²) in [6.45, 7) is 1.40. The van der Waals surface area contributed by atoms with Crippen LogP contribution in [0.15, 0.2) is 21.6 Å². The Bertz CT molecular complexity index is 501. The van der Waals surface area contributed by atoms with Gasteiger partial charge in [-0.3, -0.25) is 4.79 Å². The molecular weight excluding hydrogens is 232 g/mol. The molecule has 0 aromatic carbocycles. The fourth-order valence-corrected chi connectivity index (χ4v) is 2.00. The highest BCUT2D eigenvalue weighted by Gasteiger charge is 2.26. The van der Waals surface area contributed by atoms with Gasteiger partial charge in [0.1, 0.15) is 0 Å². The van der Waals surface area contributed by atoms with Crippen LogP contribution in [0.2, 0.25) is 0 Å². The van der Waals surface area contributed by atoms with E-state index >= 15 is 0 Å². The summed E-state index contributed by atoms with van der Waals surface area (Å²) in [6, 6.07) is 2.66. The molecule has 0 atom stereocenters. The van der Waals surface area contributed by atoms with Gasteiger partial charge in [-0.25, -0.2) is 13.1 Å². The summed E-state index contributed by atoms with van der Waals surface area (Å²) >= 11 is 0. The first kappa shape index (κ1) is 11.2. The van der Waals surface area contributed by atoms with Crippen molar-refractivity contribution in [2.24, 2.45) is 0 Å². The second kappa shape index (κ2) is 3.91. The van der Waals surface area contributed by atoms with Gasteiger partial charge in [-0.1, -0.05) is 0 Å². The molecule has 0 aliphatic carbocycles. The molecule has 0 bridgehead atoms. The lowest BCUT2D eigenvalue weighted by molar-refractivity contribution is 0.0613. The first-order valence-electron chi connectivity index (χ1n) is 4.87. The monoisotopic (exact) mass is 244 g/mol. The van der Waals surface area contributed by atoms with Crippen LogP contribution in [0.3, 0.4) is 0 Å². The second-order valence-corrected chi connectivity index (χ2v) is 5.29. The van der Waals surface area contributed by atoms with E-state index in [1.54, 1.807) is 4.90 Å². The maximum absolute atomic E-state index is 11.7. The van der Waals surface area contributed by atoms with Gasteiger partial charge in [-0.05, 0) is 25.6 Å². The summed E-state index contributed by atoms with van der Waals surface area (Å²) in [5, 5.41) is -0.237. The van der Waals surface area contributed by atoms with E-state index in [1.807, 2.05) is 0 Å². The van der Waals surface area contributed by atoms with E-state index in [0.717, 1.165) is 6.42 Å². The molecule has 16 heavy (non-hydrogen) atoms. The van der Waals surface area contributed by atoms with Crippen molar-refractivity contribution < 1.29 is 17.6 Å². The molecule has 88 valence electrons. The van der Waals surface area contributed by atoms with Crippen LogP contribution in [-0.4, -0.2) is 39.4 Å². The van der Waals surface area contributed by atoms with Crippen molar-refractivity contribution in [3.8, 4) is 0 Å². The molecule has 1 fully saturated rings. The van der Waals surface area contributed by atoms with Gasteiger partial charge < -0.3 is 9.32 Å². The Balaban J connectivity index is 2.22. The van der Waals surface area contributed by atoms with Crippen LogP contribution in [-0.2, 0) is 10.0 Å². The molecular formula is C9H12N2O4S. The fraction of sp³-hybridized carbons (Fsp3) is 0.444. The highest BCUT2D eigenvalue weighted by molar-refractivity contribution is 7.89. The zero-order valence-corrected chi connectivity index (χ0v) is 9.58. The van der Waals surface area contributed by atoms with Crippen LogP contribution >= 0.6 is 0 Å². The fourth-order valence-electron chi connectivity index (χ4n) is 1.36. The number of likely N-dealkylation sites (tertiary alicyclic amines) is 1. The lowest BCUT2D eigenvalue weighted by atomic mass is 10.2. The molecule has 1 N–H and O–H groups in total. The van der Waals surface area contributed by atoms with E-state index in [9.17, 15) is 13.2 Å². The third kappa shape index (κ3) is 1.83. The van der Waals surface area contributed by atoms with Crippen molar-refractivity contribution in [3.63, 3.8) is 0 Å². The van der Waals surface area contributed by atoms with E-state index < -0.39 is 10.0 Å². The van der Waals surface area contributed by atoms with Crippen molar-refractivity contribution in [2.75, 3.05) is 20.1 Å². The van der Waals surface area contributed by atoms with E-state index in [0.29, 0.717) is 13.1 Å². The number of carbonyl (C=O) groups is 1. The Morgan fingerprint density at radius 2 is 2.12 bits per heavy atom. The number of sulfonamides is 1. The molecule has 1 aromatic heterocycles. The van der Waals surface area contributed by atoms with Gasteiger partial charge in [0, 0.05) is 13.1 Å².